The van der Waals surface area contributed by atoms with E-state index >= 15 is 0 Å². The first kappa shape index (κ1) is 18.8. The first-order valence-corrected chi connectivity index (χ1v) is 10.1. The van der Waals surface area contributed by atoms with Crippen LogP contribution in [-0.4, -0.2) is 17.6 Å². The average Bonchev–Trinajstić information content (AvgIpc) is 3.03. The van der Waals surface area contributed by atoms with Crippen molar-refractivity contribution in [2.45, 2.75) is 0 Å². The lowest BCUT2D eigenvalue weighted by Crippen LogP contribution is -2.12. The van der Waals surface area contributed by atoms with Crippen LogP contribution in [0.25, 0.3) is 10.8 Å². The third kappa shape index (κ3) is 3.57. The van der Waals surface area contributed by atoms with Crippen LogP contribution in [0, 0.1) is 0 Å². The van der Waals surface area contributed by atoms with Crippen LogP contribution in [0.4, 0.5) is 22.7 Å². The second-order valence-corrected chi connectivity index (χ2v) is 7.33. The standard InChI is InChI=1S/C26H21N3O2/c30-24-9-4-3-8-22(24)26(31)28-19-11-13-20(14-12-19)29-17-5-16-27-25-21-7-2-1-6-18(21)10-15-23(25)29/h1-15,17,27,30H,16H2,(H,28,31). The molecule has 0 aliphatic carbocycles. The normalized spacial score (nSPS) is 12.7. The summed E-state index contributed by atoms with van der Waals surface area (Å²) in [6.45, 7) is 0.742. The molecule has 0 saturated carbocycles. The smallest absolute Gasteiger partial charge is 0.259 e. The molecule has 0 fully saturated rings. The number of hydrogen-bond acceptors (Lipinski definition) is 4. The average molecular weight is 407 g/mol. The van der Waals surface area contributed by atoms with Crippen molar-refractivity contribution in [1.29, 1.82) is 0 Å². The Morgan fingerprint density at radius 3 is 2.52 bits per heavy atom. The van der Waals surface area contributed by atoms with E-state index in [-0.39, 0.29) is 17.2 Å². The van der Waals surface area contributed by atoms with Crippen LogP contribution < -0.4 is 15.5 Å². The van der Waals surface area contributed by atoms with E-state index in [2.05, 4.69) is 58.1 Å². The number of fused-ring (bicyclic) bond motifs is 3. The Morgan fingerprint density at radius 1 is 0.903 bits per heavy atom. The first-order chi connectivity index (χ1) is 15.2. The van der Waals surface area contributed by atoms with E-state index in [0.29, 0.717) is 5.69 Å². The van der Waals surface area contributed by atoms with Gasteiger partial charge in [-0.3, -0.25) is 4.79 Å². The van der Waals surface area contributed by atoms with Crippen LogP contribution in [0.2, 0.25) is 0 Å². The summed E-state index contributed by atoms with van der Waals surface area (Å²) in [7, 11) is 0. The minimum absolute atomic E-state index is 0.0392. The number of nitrogens with one attached hydrogen (secondary N) is 2. The highest BCUT2D eigenvalue weighted by atomic mass is 16.3. The van der Waals surface area contributed by atoms with E-state index in [1.165, 1.54) is 16.8 Å². The molecular formula is C26H21N3O2. The molecule has 4 aromatic carbocycles. The number of phenolic OH excluding ortho intramolecular Hbond substituents is 1. The van der Waals surface area contributed by atoms with Gasteiger partial charge in [0, 0.05) is 29.5 Å². The van der Waals surface area contributed by atoms with Gasteiger partial charge in [-0.05, 0) is 53.9 Å². The van der Waals surface area contributed by atoms with Crippen molar-refractivity contribution in [1.82, 2.24) is 0 Å². The molecule has 3 N–H and O–H groups in total. The van der Waals surface area contributed by atoms with Crippen LogP contribution in [0.15, 0.2) is 97.2 Å². The molecule has 31 heavy (non-hydrogen) atoms. The van der Waals surface area contributed by atoms with Crippen LogP contribution in [0.3, 0.4) is 0 Å². The van der Waals surface area contributed by atoms with E-state index < -0.39 is 0 Å². The van der Waals surface area contributed by atoms with Gasteiger partial charge in [-0.1, -0.05) is 42.5 Å². The Balaban J connectivity index is 1.44. The molecule has 5 rings (SSSR count). The second-order valence-electron chi connectivity index (χ2n) is 7.33. The van der Waals surface area contributed by atoms with Crippen molar-refractivity contribution in [3.8, 4) is 5.75 Å². The predicted molar refractivity (Wildman–Crippen MR) is 126 cm³/mol. The Kier molecular flexibility index (Phi) is 4.77. The van der Waals surface area contributed by atoms with Gasteiger partial charge in [0.25, 0.3) is 5.91 Å². The van der Waals surface area contributed by atoms with Gasteiger partial charge in [-0.25, -0.2) is 0 Å². The Labute approximate surface area is 180 Å². The molecule has 0 spiro atoms. The van der Waals surface area contributed by atoms with Crippen LogP contribution in [0.1, 0.15) is 10.4 Å². The highest BCUT2D eigenvalue weighted by Crippen LogP contribution is 2.39. The number of carbonyl (C=O) groups excluding carboxylic acids is 1. The van der Waals surface area contributed by atoms with Crippen LogP contribution in [0.5, 0.6) is 5.75 Å². The zero-order valence-corrected chi connectivity index (χ0v) is 16.7. The topological polar surface area (TPSA) is 64.6 Å². The van der Waals surface area contributed by atoms with E-state index in [4.69, 9.17) is 0 Å². The van der Waals surface area contributed by atoms with E-state index in [1.807, 2.05) is 30.3 Å². The number of phenols is 1. The number of para-hydroxylation sites is 1. The maximum Gasteiger partial charge on any atom is 0.259 e. The summed E-state index contributed by atoms with van der Waals surface area (Å²) in [6, 6.07) is 26.7. The van der Waals surface area contributed by atoms with Gasteiger partial charge in [-0.15, -0.1) is 0 Å². The largest absolute Gasteiger partial charge is 0.507 e. The number of carbonyl (C=O) groups is 1. The Hall–Kier alpha value is -4.25. The number of aromatic hydroxyl groups is 1. The summed E-state index contributed by atoms with van der Waals surface area (Å²) in [5.74, 6) is -0.385. The molecule has 0 bridgehead atoms. The third-order valence-electron chi connectivity index (χ3n) is 5.37. The molecule has 0 aromatic heterocycles. The molecule has 0 radical (unpaired) electrons. The molecule has 0 unspecified atom stereocenters. The summed E-state index contributed by atoms with van der Waals surface area (Å²) >= 11 is 0. The number of anilines is 4. The van der Waals surface area contributed by atoms with Gasteiger partial charge < -0.3 is 20.6 Å². The van der Waals surface area contributed by atoms with Gasteiger partial charge in [0.1, 0.15) is 5.75 Å². The molecule has 0 atom stereocenters. The van der Waals surface area contributed by atoms with Crippen LogP contribution >= 0.6 is 0 Å². The van der Waals surface area contributed by atoms with Crippen molar-refractivity contribution in [2.24, 2.45) is 0 Å². The van der Waals surface area contributed by atoms with E-state index in [9.17, 15) is 9.90 Å². The highest BCUT2D eigenvalue weighted by Gasteiger charge is 2.16. The number of benzene rings is 4. The quantitative estimate of drug-likeness (QED) is 0.397. The minimum atomic E-state index is -0.346. The zero-order chi connectivity index (χ0) is 21.2. The summed E-state index contributed by atoms with van der Waals surface area (Å²) < 4.78 is 0. The molecule has 1 heterocycles. The Bertz CT molecular complexity index is 1300. The summed E-state index contributed by atoms with van der Waals surface area (Å²) in [5.41, 5.74) is 4.05. The predicted octanol–water partition coefficient (Wildman–Crippen LogP) is 5.88. The summed E-state index contributed by atoms with van der Waals surface area (Å²) in [5, 5.41) is 18.6. The van der Waals surface area contributed by atoms with Crippen molar-refractivity contribution in [2.75, 3.05) is 22.1 Å². The molecule has 5 nitrogen and oxygen atoms in total. The summed E-state index contributed by atoms with van der Waals surface area (Å²) in [4.78, 5) is 14.6. The monoisotopic (exact) mass is 407 g/mol. The van der Waals surface area contributed by atoms with Crippen molar-refractivity contribution in [3.05, 3.63) is 103 Å². The fourth-order valence-electron chi connectivity index (χ4n) is 3.84. The summed E-state index contributed by atoms with van der Waals surface area (Å²) in [6.07, 6.45) is 4.14. The fraction of sp³-hybridized carbons (Fsp3) is 0.0385. The zero-order valence-electron chi connectivity index (χ0n) is 16.7. The first-order valence-electron chi connectivity index (χ1n) is 10.1. The van der Waals surface area contributed by atoms with Gasteiger partial charge >= 0.3 is 0 Å². The second kappa shape index (κ2) is 7.88. The minimum Gasteiger partial charge on any atom is -0.507 e. The van der Waals surface area contributed by atoms with Crippen molar-refractivity contribution >= 4 is 39.4 Å². The lowest BCUT2D eigenvalue weighted by Gasteiger charge is -2.23. The molecule has 1 aliphatic rings. The number of hydrogen-bond donors (Lipinski definition) is 3. The molecule has 1 amide bonds. The van der Waals surface area contributed by atoms with Gasteiger partial charge in [-0.2, -0.15) is 0 Å². The number of amides is 1. The maximum absolute atomic E-state index is 12.5. The number of nitrogens with zero attached hydrogens (tertiary/aromatic N) is 1. The lowest BCUT2D eigenvalue weighted by molar-refractivity contribution is 0.102. The fourth-order valence-corrected chi connectivity index (χ4v) is 3.84. The number of rotatable bonds is 3. The van der Waals surface area contributed by atoms with E-state index in [1.54, 1.807) is 18.2 Å². The SMILES string of the molecule is O=C(Nc1ccc(N2C=CCNc3c2ccc2ccccc32)cc1)c1ccccc1O. The third-order valence-corrected chi connectivity index (χ3v) is 5.37. The lowest BCUT2D eigenvalue weighted by atomic mass is 10.1. The molecular weight excluding hydrogens is 386 g/mol. The van der Waals surface area contributed by atoms with Crippen LogP contribution in [-0.2, 0) is 0 Å². The molecule has 4 aromatic rings. The van der Waals surface area contributed by atoms with Crippen molar-refractivity contribution < 1.29 is 9.90 Å². The maximum atomic E-state index is 12.5. The van der Waals surface area contributed by atoms with Gasteiger partial charge in [0.05, 0.1) is 16.9 Å². The van der Waals surface area contributed by atoms with E-state index in [0.717, 1.165) is 23.6 Å². The Morgan fingerprint density at radius 2 is 1.68 bits per heavy atom. The molecule has 1 aliphatic heterocycles. The van der Waals surface area contributed by atoms with Gasteiger partial charge in [0.15, 0.2) is 0 Å². The molecule has 152 valence electrons. The molecule has 5 heteroatoms. The van der Waals surface area contributed by atoms with Crippen molar-refractivity contribution in [3.63, 3.8) is 0 Å². The molecule has 0 saturated heterocycles. The highest BCUT2D eigenvalue weighted by molar-refractivity contribution is 6.06. The van der Waals surface area contributed by atoms with Gasteiger partial charge in [0.2, 0.25) is 0 Å².